The van der Waals surface area contributed by atoms with Gasteiger partial charge in [-0.1, -0.05) is 5.16 Å². The van der Waals surface area contributed by atoms with Crippen LogP contribution in [-0.2, 0) is 11.8 Å². The Morgan fingerprint density at radius 2 is 2.32 bits per heavy atom. The van der Waals surface area contributed by atoms with Gasteiger partial charge in [-0.3, -0.25) is 4.68 Å². The van der Waals surface area contributed by atoms with Crippen LogP contribution in [0.15, 0.2) is 35.2 Å². The van der Waals surface area contributed by atoms with E-state index in [4.69, 9.17) is 9.26 Å². The topological polar surface area (TPSA) is 90.9 Å². The Bertz CT molecular complexity index is 858. The van der Waals surface area contributed by atoms with Gasteiger partial charge in [0.2, 0.25) is 0 Å². The fourth-order valence-electron chi connectivity index (χ4n) is 3.15. The van der Waals surface area contributed by atoms with Crippen molar-refractivity contribution in [2.45, 2.75) is 19.4 Å². The van der Waals surface area contributed by atoms with Crippen LogP contribution in [-0.4, -0.2) is 38.1 Å². The molecule has 0 spiro atoms. The minimum Gasteiger partial charge on any atom is -0.373 e. The highest BCUT2D eigenvalue weighted by Gasteiger charge is 2.30. The first-order valence-electron chi connectivity index (χ1n) is 8.30. The van der Waals surface area contributed by atoms with Gasteiger partial charge in [0.15, 0.2) is 5.82 Å². The van der Waals surface area contributed by atoms with Gasteiger partial charge in [0.25, 0.3) is 5.89 Å². The van der Waals surface area contributed by atoms with E-state index < -0.39 is 0 Å². The quantitative estimate of drug-likeness (QED) is 0.762. The zero-order valence-electron chi connectivity index (χ0n) is 14.2. The number of aromatic nitrogens is 5. The first kappa shape index (κ1) is 15.8. The fourth-order valence-corrected chi connectivity index (χ4v) is 3.15. The van der Waals surface area contributed by atoms with Gasteiger partial charge >= 0.3 is 0 Å². The van der Waals surface area contributed by atoms with Gasteiger partial charge < -0.3 is 14.6 Å². The number of pyridine rings is 1. The van der Waals surface area contributed by atoms with Crippen molar-refractivity contribution in [3.63, 3.8) is 0 Å². The van der Waals surface area contributed by atoms with E-state index in [9.17, 15) is 0 Å². The molecule has 1 aliphatic heterocycles. The highest BCUT2D eigenvalue weighted by Crippen LogP contribution is 2.35. The van der Waals surface area contributed by atoms with Crippen molar-refractivity contribution in [3.8, 4) is 11.5 Å². The maximum Gasteiger partial charge on any atom is 0.261 e. The molecule has 25 heavy (non-hydrogen) atoms. The van der Waals surface area contributed by atoms with Crippen LogP contribution in [0.3, 0.4) is 0 Å². The molecular formula is C17H20N6O2. The molecule has 3 aromatic rings. The second-order valence-corrected chi connectivity index (χ2v) is 6.21. The molecule has 0 bridgehead atoms. The third kappa shape index (κ3) is 3.25. The Kier molecular flexibility index (Phi) is 4.19. The van der Waals surface area contributed by atoms with Crippen LogP contribution < -0.4 is 5.32 Å². The van der Waals surface area contributed by atoms with E-state index in [0.29, 0.717) is 17.6 Å². The molecule has 0 aromatic carbocycles. The molecule has 0 unspecified atom stereocenters. The Morgan fingerprint density at radius 1 is 1.40 bits per heavy atom. The Morgan fingerprint density at radius 3 is 3.08 bits per heavy atom. The lowest BCUT2D eigenvalue weighted by atomic mass is 9.97. The van der Waals surface area contributed by atoms with E-state index in [1.807, 2.05) is 31.6 Å². The minimum absolute atomic E-state index is 0.0546. The smallest absolute Gasteiger partial charge is 0.261 e. The maximum absolute atomic E-state index is 5.92. The van der Waals surface area contributed by atoms with Crippen molar-refractivity contribution in [1.29, 1.82) is 0 Å². The summed E-state index contributed by atoms with van der Waals surface area (Å²) < 4.78 is 13.0. The summed E-state index contributed by atoms with van der Waals surface area (Å²) in [6, 6.07) is 3.78. The van der Waals surface area contributed by atoms with Gasteiger partial charge in [0.1, 0.15) is 5.82 Å². The average Bonchev–Trinajstić information content (AvgIpc) is 3.34. The molecule has 1 fully saturated rings. The Balaban J connectivity index is 1.50. The molecule has 130 valence electrons. The molecule has 1 saturated heterocycles. The van der Waals surface area contributed by atoms with Crippen LogP contribution in [0.4, 0.5) is 5.82 Å². The summed E-state index contributed by atoms with van der Waals surface area (Å²) >= 11 is 0. The zero-order chi connectivity index (χ0) is 17.2. The number of nitrogens with zero attached hydrogens (tertiary/aromatic N) is 5. The van der Waals surface area contributed by atoms with Gasteiger partial charge in [0, 0.05) is 44.1 Å². The largest absolute Gasteiger partial charge is 0.373 e. The van der Waals surface area contributed by atoms with Crippen LogP contribution in [0.1, 0.15) is 23.9 Å². The second kappa shape index (κ2) is 6.64. The highest BCUT2D eigenvalue weighted by atomic mass is 16.5. The molecule has 1 aliphatic rings. The van der Waals surface area contributed by atoms with E-state index >= 15 is 0 Å². The van der Waals surface area contributed by atoms with E-state index in [1.54, 1.807) is 17.8 Å². The third-order valence-electron chi connectivity index (χ3n) is 4.36. The van der Waals surface area contributed by atoms with Crippen molar-refractivity contribution >= 4 is 5.82 Å². The van der Waals surface area contributed by atoms with Crippen molar-refractivity contribution in [3.05, 3.63) is 42.1 Å². The standard InChI is InChI=1S/C17H20N6O2/c1-11-21-17(25-22-11)14-4-3-6-18-16(14)19-8-12-5-7-24-15(12)13-9-20-23(2)10-13/h3-4,6,9-10,12,15H,5,7-8H2,1-2H3,(H,18,19)/t12-,15+/m0/s1. The van der Waals surface area contributed by atoms with Gasteiger partial charge in [-0.25, -0.2) is 4.98 Å². The van der Waals surface area contributed by atoms with Gasteiger partial charge in [-0.05, 0) is 25.5 Å². The lowest BCUT2D eigenvalue weighted by Crippen LogP contribution is -2.18. The Hall–Kier alpha value is -2.74. The molecule has 3 aromatic heterocycles. The van der Waals surface area contributed by atoms with Crippen molar-refractivity contribution in [2.75, 3.05) is 18.5 Å². The number of aryl methyl sites for hydroxylation is 2. The summed E-state index contributed by atoms with van der Waals surface area (Å²) in [6.07, 6.45) is 6.68. The highest BCUT2D eigenvalue weighted by molar-refractivity contribution is 5.68. The van der Waals surface area contributed by atoms with Crippen molar-refractivity contribution < 1.29 is 9.26 Å². The zero-order valence-corrected chi connectivity index (χ0v) is 14.2. The molecule has 2 atom stereocenters. The SMILES string of the molecule is Cc1noc(-c2cccnc2NC[C@@H]2CCO[C@H]2c2cnn(C)c2)n1. The number of rotatable bonds is 5. The summed E-state index contributed by atoms with van der Waals surface area (Å²) in [7, 11) is 1.91. The third-order valence-corrected chi connectivity index (χ3v) is 4.36. The summed E-state index contributed by atoms with van der Waals surface area (Å²) in [5, 5.41) is 11.5. The van der Waals surface area contributed by atoms with Crippen LogP contribution in [0.2, 0.25) is 0 Å². The summed E-state index contributed by atoms with van der Waals surface area (Å²) in [4.78, 5) is 8.72. The lowest BCUT2D eigenvalue weighted by Gasteiger charge is -2.18. The van der Waals surface area contributed by atoms with Crippen molar-refractivity contribution in [2.24, 2.45) is 13.0 Å². The molecule has 0 amide bonds. The normalized spacial score (nSPS) is 20.1. The molecule has 4 heterocycles. The monoisotopic (exact) mass is 340 g/mol. The van der Waals surface area contributed by atoms with Gasteiger partial charge in [-0.2, -0.15) is 10.1 Å². The first-order valence-corrected chi connectivity index (χ1v) is 8.30. The summed E-state index contributed by atoms with van der Waals surface area (Å²) in [5.41, 5.74) is 1.92. The molecule has 8 nitrogen and oxygen atoms in total. The second-order valence-electron chi connectivity index (χ2n) is 6.21. The number of hydrogen-bond acceptors (Lipinski definition) is 7. The van der Waals surface area contributed by atoms with Crippen LogP contribution in [0.25, 0.3) is 11.5 Å². The van der Waals surface area contributed by atoms with Crippen molar-refractivity contribution in [1.82, 2.24) is 24.9 Å². The van der Waals surface area contributed by atoms with E-state index in [1.165, 1.54) is 0 Å². The number of ether oxygens (including phenoxy) is 1. The molecule has 0 saturated carbocycles. The predicted octanol–water partition coefficient (Wildman–Crippen LogP) is 2.36. The first-order chi connectivity index (χ1) is 12.2. The summed E-state index contributed by atoms with van der Waals surface area (Å²) in [5.74, 6) is 2.16. The molecule has 0 aliphatic carbocycles. The van der Waals surface area contributed by atoms with Crippen LogP contribution in [0, 0.1) is 12.8 Å². The van der Waals surface area contributed by atoms with E-state index in [2.05, 4.69) is 25.5 Å². The molecule has 8 heteroatoms. The minimum atomic E-state index is 0.0546. The molecule has 1 N–H and O–H groups in total. The Labute approximate surface area is 145 Å². The maximum atomic E-state index is 5.92. The van der Waals surface area contributed by atoms with Gasteiger partial charge in [0.05, 0.1) is 17.9 Å². The predicted molar refractivity (Wildman–Crippen MR) is 90.8 cm³/mol. The number of anilines is 1. The molecule has 0 radical (unpaired) electrons. The van der Waals surface area contributed by atoms with Crippen LogP contribution in [0.5, 0.6) is 0 Å². The number of nitrogens with one attached hydrogen (secondary N) is 1. The lowest BCUT2D eigenvalue weighted by molar-refractivity contribution is 0.0932. The fraction of sp³-hybridized carbons (Fsp3) is 0.412. The summed E-state index contributed by atoms with van der Waals surface area (Å²) in [6.45, 7) is 3.30. The molecule has 4 rings (SSSR count). The number of hydrogen-bond donors (Lipinski definition) is 1. The van der Waals surface area contributed by atoms with E-state index in [-0.39, 0.29) is 6.10 Å². The molecular weight excluding hydrogens is 320 g/mol. The van der Waals surface area contributed by atoms with Crippen LogP contribution >= 0.6 is 0 Å². The van der Waals surface area contributed by atoms with E-state index in [0.717, 1.165) is 36.5 Å². The average molecular weight is 340 g/mol. The van der Waals surface area contributed by atoms with Gasteiger partial charge in [-0.15, -0.1) is 0 Å².